The number of aromatic amines is 1. The van der Waals surface area contributed by atoms with Crippen molar-refractivity contribution in [2.24, 2.45) is 0 Å². The first kappa shape index (κ1) is 21.0. The largest absolute Gasteiger partial charge is 0.455 e. The summed E-state index contributed by atoms with van der Waals surface area (Å²) in [6.07, 6.45) is 0.631. The second-order valence-electron chi connectivity index (χ2n) is 6.85. The number of H-pyrrole nitrogens is 1. The molecule has 2 aromatic rings. The lowest BCUT2D eigenvalue weighted by Gasteiger charge is -2.19. The molecule has 0 radical (unpaired) electrons. The van der Waals surface area contributed by atoms with Gasteiger partial charge < -0.3 is 15.4 Å². The highest BCUT2D eigenvalue weighted by Gasteiger charge is 2.23. The summed E-state index contributed by atoms with van der Waals surface area (Å²) >= 11 is 0. The van der Waals surface area contributed by atoms with Crippen LogP contribution in [0.15, 0.2) is 24.4 Å². The highest BCUT2D eigenvalue weighted by molar-refractivity contribution is 6.01. The van der Waals surface area contributed by atoms with Crippen molar-refractivity contribution in [1.29, 1.82) is 0 Å². The van der Waals surface area contributed by atoms with Gasteiger partial charge in [0.1, 0.15) is 22.9 Å². The number of hydrogen-bond donors (Lipinski definition) is 3. The van der Waals surface area contributed by atoms with Gasteiger partial charge in [0, 0.05) is 12.8 Å². The number of nitrogens with one attached hydrogen (secondary N) is 3. The molecule has 10 heteroatoms. The molecule has 1 aromatic carbocycles. The summed E-state index contributed by atoms with van der Waals surface area (Å²) in [6, 6.07) is 3.17. The second kappa shape index (κ2) is 8.59. The Bertz CT molecular complexity index is 870. The van der Waals surface area contributed by atoms with Gasteiger partial charge in [0.25, 0.3) is 0 Å². The minimum atomic E-state index is -0.918. The summed E-state index contributed by atoms with van der Waals surface area (Å²) in [4.78, 5) is 35.9. The second-order valence-corrected chi connectivity index (χ2v) is 6.85. The Hall–Kier alpha value is -3.30. The number of anilines is 2. The van der Waals surface area contributed by atoms with Gasteiger partial charge in [0.2, 0.25) is 11.8 Å². The van der Waals surface area contributed by atoms with E-state index in [1.54, 1.807) is 20.8 Å². The van der Waals surface area contributed by atoms with Gasteiger partial charge in [-0.05, 0) is 32.9 Å². The molecule has 2 rings (SSSR count). The van der Waals surface area contributed by atoms with Gasteiger partial charge in [-0.1, -0.05) is 6.07 Å². The molecule has 0 spiro atoms. The van der Waals surface area contributed by atoms with Crippen LogP contribution in [0.2, 0.25) is 0 Å². The van der Waals surface area contributed by atoms with Gasteiger partial charge in [-0.15, -0.1) is 0 Å². The van der Waals surface area contributed by atoms with Gasteiger partial charge in [-0.25, -0.2) is 13.6 Å². The third-order valence-corrected chi connectivity index (χ3v) is 3.32. The quantitative estimate of drug-likeness (QED) is 0.652. The summed E-state index contributed by atoms with van der Waals surface area (Å²) in [5.74, 6) is -3.86. The Kier molecular flexibility index (Phi) is 6.45. The lowest BCUT2D eigenvalue weighted by Crippen LogP contribution is -2.25. The predicted molar refractivity (Wildman–Crippen MR) is 96.6 cm³/mol. The molecule has 0 bridgehead atoms. The molecule has 3 N–H and O–H groups in total. The molecule has 1 aromatic heterocycles. The maximum absolute atomic E-state index is 13.5. The van der Waals surface area contributed by atoms with E-state index >= 15 is 0 Å². The average molecular weight is 394 g/mol. The molecule has 28 heavy (non-hydrogen) atoms. The van der Waals surface area contributed by atoms with Gasteiger partial charge in [-0.3, -0.25) is 14.7 Å². The van der Waals surface area contributed by atoms with Crippen LogP contribution in [0.25, 0.3) is 0 Å². The Morgan fingerprint density at radius 2 is 1.64 bits per heavy atom. The highest BCUT2D eigenvalue weighted by Crippen LogP contribution is 2.19. The number of benzene rings is 1. The molecular formula is C18H20F2N4O4. The first-order valence-electron chi connectivity index (χ1n) is 8.37. The van der Waals surface area contributed by atoms with Crippen molar-refractivity contribution in [1.82, 2.24) is 10.2 Å². The zero-order chi connectivity index (χ0) is 20.9. The molecular weight excluding hydrogens is 374 g/mol. The van der Waals surface area contributed by atoms with Crippen LogP contribution in [-0.4, -0.2) is 33.6 Å². The van der Waals surface area contributed by atoms with Crippen molar-refractivity contribution >= 4 is 29.2 Å². The van der Waals surface area contributed by atoms with Crippen LogP contribution in [0.5, 0.6) is 0 Å². The molecule has 0 aliphatic heterocycles. The summed E-state index contributed by atoms with van der Waals surface area (Å²) in [7, 11) is 0. The fraction of sp³-hybridized carbons (Fsp3) is 0.333. The van der Waals surface area contributed by atoms with Crippen molar-refractivity contribution < 1.29 is 27.9 Å². The van der Waals surface area contributed by atoms with E-state index in [4.69, 9.17) is 4.74 Å². The number of carbonyl (C=O) groups excluding carboxylic acids is 3. The van der Waals surface area contributed by atoms with E-state index < -0.39 is 40.7 Å². The van der Waals surface area contributed by atoms with E-state index in [1.807, 2.05) is 0 Å². The smallest absolute Gasteiger partial charge is 0.359 e. The zero-order valence-corrected chi connectivity index (χ0v) is 15.6. The van der Waals surface area contributed by atoms with E-state index in [1.165, 1.54) is 12.3 Å². The normalized spacial score (nSPS) is 11.0. The van der Waals surface area contributed by atoms with Crippen molar-refractivity contribution in [3.63, 3.8) is 0 Å². The monoisotopic (exact) mass is 394 g/mol. The molecule has 0 fully saturated rings. The van der Waals surface area contributed by atoms with Gasteiger partial charge >= 0.3 is 5.97 Å². The molecule has 0 saturated heterocycles. The molecule has 0 unspecified atom stereocenters. The number of hydrogen-bond acceptors (Lipinski definition) is 5. The number of ether oxygens (including phenoxy) is 1. The third-order valence-electron chi connectivity index (χ3n) is 3.32. The van der Waals surface area contributed by atoms with Crippen molar-refractivity contribution in [2.45, 2.75) is 39.2 Å². The van der Waals surface area contributed by atoms with Gasteiger partial charge in [0.15, 0.2) is 5.69 Å². The minimum absolute atomic E-state index is 0.0406. The average Bonchev–Trinajstić information content (AvgIpc) is 3.03. The summed E-state index contributed by atoms with van der Waals surface area (Å²) < 4.78 is 32.2. The zero-order valence-electron chi connectivity index (χ0n) is 15.6. The van der Waals surface area contributed by atoms with Crippen molar-refractivity contribution in [3.05, 3.63) is 41.7 Å². The van der Waals surface area contributed by atoms with Crippen LogP contribution in [0.3, 0.4) is 0 Å². The molecule has 8 nitrogen and oxygen atoms in total. The number of esters is 1. The highest BCUT2D eigenvalue weighted by atomic mass is 19.1. The number of nitrogens with zero attached hydrogens (tertiary/aromatic N) is 1. The number of halogens is 2. The molecule has 0 aliphatic rings. The fourth-order valence-electron chi connectivity index (χ4n) is 2.12. The number of rotatable bonds is 6. The summed E-state index contributed by atoms with van der Waals surface area (Å²) in [5.41, 5.74) is -1.25. The van der Waals surface area contributed by atoms with E-state index in [2.05, 4.69) is 20.8 Å². The summed E-state index contributed by atoms with van der Waals surface area (Å²) in [5, 5.41) is 10.7. The standard InChI is InChI=1S/C18H20F2N4O4/c1-18(2,3)28-17(27)16-12(9-21-24-16)22-13(25)7-8-14(26)23-15-10(19)5-4-6-11(15)20/h4-6,9H,7-8H2,1-3H3,(H,21,24)(H,22,25)(H,23,26). The molecule has 150 valence electrons. The SMILES string of the molecule is CC(C)(C)OC(=O)c1[nH]ncc1NC(=O)CCC(=O)Nc1c(F)cccc1F. The maximum Gasteiger partial charge on any atom is 0.359 e. The van der Waals surface area contributed by atoms with Crippen LogP contribution in [0.1, 0.15) is 44.1 Å². The van der Waals surface area contributed by atoms with Crippen molar-refractivity contribution in [2.75, 3.05) is 10.6 Å². The van der Waals surface area contributed by atoms with Crippen LogP contribution in [0.4, 0.5) is 20.2 Å². The predicted octanol–water partition coefficient (Wildman–Crippen LogP) is 3.00. The van der Waals surface area contributed by atoms with Crippen LogP contribution in [-0.2, 0) is 14.3 Å². The molecule has 2 amide bonds. The fourth-order valence-corrected chi connectivity index (χ4v) is 2.12. The molecule has 1 heterocycles. The van der Waals surface area contributed by atoms with E-state index in [0.717, 1.165) is 12.1 Å². The number of amides is 2. The Morgan fingerprint density at radius 3 is 2.21 bits per heavy atom. The van der Waals surface area contributed by atoms with Crippen LogP contribution >= 0.6 is 0 Å². The van der Waals surface area contributed by atoms with E-state index in [9.17, 15) is 23.2 Å². The Balaban J connectivity index is 1.91. The molecule has 0 aliphatic carbocycles. The van der Waals surface area contributed by atoms with Crippen LogP contribution < -0.4 is 10.6 Å². The molecule has 0 atom stereocenters. The van der Waals surface area contributed by atoms with Gasteiger partial charge in [-0.2, -0.15) is 5.10 Å². The van der Waals surface area contributed by atoms with E-state index in [-0.39, 0.29) is 24.2 Å². The first-order valence-corrected chi connectivity index (χ1v) is 8.37. The Morgan fingerprint density at radius 1 is 1.07 bits per heavy atom. The molecule has 0 saturated carbocycles. The first-order chi connectivity index (χ1) is 13.1. The number of carbonyl (C=O) groups is 3. The maximum atomic E-state index is 13.5. The summed E-state index contributed by atoms with van der Waals surface area (Å²) in [6.45, 7) is 5.07. The lowest BCUT2D eigenvalue weighted by atomic mass is 10.2. The van der Waals surface area contributed by atoms with Crippen molar-refractivity contribution in [3.8, 4) is 0 Å². The third kappa shape index (κ3) is 5.86. The Labute approximate surface area is 159 Å². The topological polar surface area (TPSA) is 113 Å². The number of para-hydroxylation sites is 1. The number of aromatic nitrogens is 2. The minimum Gasteiger partial charge on any atom is -0.455 e. The van der Waals surface area contributed by atoms with Gasteiger partial charge in [0.05, 0.1) is 11.9 Å². The van der Waals surface area contributed by atoms with E-state index in [0.29, 0.717) is 0 Å². The lowest BCUT2D eigenvalue weighted by molar-refractivity contribution is -0.121. The van der Waals surface area contributed by atoms with Crippen LogP contribution in [0, 0.1) is 11.6 Å².